The van der Waals surface area contributed by atoms with E-state index < -0.39 is 19.5 Å². The molecule has 0 radical (unpaired) electrons. The first-order valence-electron chi connectivity index (χ1n) is 8.05. The van der Waals surface area contributed by atoms with E-state index in [1.54, 1.807) is 28.4 Å². The van der Waals surface area contributed by atoms with Gasteiger partial charge in [-0.25, -0.2) is 0 Å². The highest BCUT2D eigenvalue weighted by molar-refractivity contribution is 6.27. The SMILES string of the molecule is COC(CO[SiH2]CCCCCC[SiH2]OCC(OC)OC)OC. The summed E-state index contributed by atoms with van der Waals surface area (Å²) in [7, 11) is 5.71. The molecule has 0 aromatic rings. The maximum atomic E-state index is 5.63. The summed E-state index contributed by atoms with van der Waals surface area (Å²) in [5.41, 5.74) is 0. The van der Waals surface area contributed by atoms with E-state index in [4.69, 9.17) is 27.8 Å². The average molecular weight is 355 g/mol. The molecule has 0 saturated carbocycles. The van der Waals surface area contributed by atoms with Gasteiger partial charge in [0, 0.05) is 28.4 Å². The largest absolute Gasteiger partial charge is 0.419 e. The maximum absolute atomic E-state index is 5.63. The van der Waals surface area contributed by atoms with Crippen LogP contribution in [0, 0.1) is 0 Å². The van der Waals surface area contributed by atoms with Crippen LogP contribution in [0.25, 0.3) is 0 Å². The summed E-state index contributed by atoms with van der Waals surface area (Å²) >= 11 is 0. The van der Waals surface area contributed by atoms with Crippen molar-refractivity contribution < 1.29 is 27.8 Å². The molecule has 0 aromatic heterocycles. The summed E-state index contributed by atoms with van der Waals surface area (Å²) in [5, 5.41) is 0. The highest BCUT2D eigenvalue weighted by atomic mass is 28.2. The topological polar surface area (TPSA) is 55.4 Å². The van der Waals surface area contributed by atoms with Gasteiger partial charge in [0.15, 0.2) is 32.1 Å². The Morgan fingerprint density at radius 2 is 0.955 bits per heavy atom. The molecule has 0 amide bonds. The van der Waals surface area contributed by atoms with Crippen molar-refractivity contribution in [1.29, 1.82) is 0 Å². The first-order valence-corrected chi connectivity index (χ1v) is 11.2. The smallest absolute Gasteiger partial charge is 0.178 e. The second-order valence-electron chi connectivity index (χ2n) is 5.07. The van der Waals surface area contributed by atoms with Crippen LogP contribution in [0.2, 0.25) is 12.1 Å². The Hall–Kier alpha value is 0.194. The zero-order valence-electron chi connectivity index (χ0n) is 14.7. The van der Waals surface area contributed by atoms with E-state index in [9.17, 15) is 0 Å². The normalized spacial score (nSPS) is 12.8. The molecule has 0 fully saturated rings. The number of ether oxygens (including phenoxy) is 4. The van der Waals surface area contributed by atoms with Crippen LogP contribution >= 0.6 is 0 Å². The Labute approximate surface area is 140 Å². The molecule has 0 aliphatic carbocycles. The number of rotatable bonds is 17. The van der Waals surface area contributed by atoms with Crippen LogP contribution in [0.15, 0.2) is 0 Å². The predicted octanol–water partition coefficient (Wildman–Crippen LogP) is 0.822. The van der Waals surface area contributed by atoms with Gasteiger partial charge in [-0.3, -0.25) is 0 Å². The van der Waals surface area contributed by atoms with E-state index in [-0.39, 0.29) is 12.6 Å². The molecule has 0 saturated heterocycles. The van der Waals surface area contributed by atoms with Crippen molar-refractivity contribution in [2.45, 2.75) is 50.4 Å². The molecule has 0 bridgehead atoms. The Morgan fingerprint density at radius 3 is 1.27 bits per heavy atom. The molecule has 8 heteroatoms. The van der Waals surface area contributed by atoms with Crippen molar-refractivity contribution >= 4 is 19.5 Å². The lowest BCUT2D eigenvalue weighted by Crippen LogP contribution is -2.21. The lowest BCUT2D eigenvalue weighted by atomic mass is 10.2. The maximum Gasteiger partial charge on any atom is 0.178 e. The molecule has 22 heavy (non-hydrogen) atoms. The number of hydrogen-bond donors (Lipinski definition) is 0. The molecule has 0 aliphatic heterocycles. The summed E-state index contributed by atoms with van der Waals surface area (Å²) in [6.07, 6.45) is 4.70. The monoisotopic (exact) mass is 354 g/mol. The van der Waals surface area contributed by atoms with Gasteiger partial charge >= 0.3 is 0 Å². The van der Waals surface area contributed by atoms with Gasteiger partial charge in [0.05, 0.1) is 13.2 Å². The van der Waals surface area contributed by atoms with Gasteiger partial charge in [-0.1, -0.05) is 25.7 Å². The average Bonchev–Trinajstić information content (AvgIpc) is 2.55. The van der Waals surface area contributed by atoms with Gasteiger partial charge in [-0.05, 0) is 12.1 Å². The Morgan fingerprint density at radius 1 is 0.591 bits per heavy atom. The molecule has 0 unspecified atom stereocenters. The van der Waals surface area contributed by atoms with Crippen LogP contribution in [-0.2, 0) is 27.8 Å². The molecule has 0 N–H and O–H groups in total. The van der Waals surface area contributed by atoms with Gasteiger partial charge in [0.25, 0.3) is 0 Å². The fourth-order valence-electron chi connectivity index (χ4n) is 1.94. The number of hydrogen-bond acceptors (Lipinski definition) is 6. The van der Waals surface area contributed by atoms with Crippen LogP contribution in [0.4, 0.5) is 0 Å². The van der Waals surface area contributed by atoms with Crippen LogP contribution in [-0.4, -0.2) is 73.8 Å². The first-order chi connectivity index (χ1) is 10.8. The molecule has 6 nitrogen and oxygen atoms in total. The molecular formula is C14H34O6Si2. The van der Waals surface area contributed by atoms with Gasteiger partial charge in [-0.2, -0.15) is 0 Å². The zero-order chi connectivity index (χ0) is 16.5. The highest BCUT2D eigenvalue weighted by Gasteiger charge is 2.04. The van der Waals surface area contributed by atoms with Crippen LogP contribution in [0.1, 0.15) is 25.7 Å². The van der Waals surface area contributed by atoms with Crippen molar-refractivity contribution in [2.75, 3.05) is 41.7 Å². The summed E-state index contributed by atoms with van der Waals surface area (Å²) in [6.45, 7) is 1.12. The van der Waals surface area contributed by atoms with Gasteiger partial charge in [-0.15, -0.1) is 0 Å². The zero-order valence-corrected chi connectivity index (χ0v) is 17.5. The van der Waals surface area contributed by atoms with E-state index >= 15 is 0 Å². The molecular weight excluding hydrogens is 320 g/mol. The van der Waals surface area contributed by atoms with E-state index in [1.165, 1.54) is 37.8 Å². The highest BCUT2D eigenvalue weighted by Crippen LogP contribution is 2.06. The molecule has 0 atom stereocenters. The van der Waals surface area contributed by atoms with Crippen LogP contribution in [0.3, 0.4) is 0 Å². The lowest BCUT2D eigenvalue weighted by Gasteiger charge is -2.13. The first kappa shape index (κ1) is 22.2. The summed E-state index contributed by atoms with van der Waals surface area (Å²) in [4.78, 5) is 0. The Kier molecular flexibility index (Phi) is 17.7. The predicted molar refractivity (Wildman–Crippen MR) is 92.7 cm³/mol. The number of methoxy groups -OCH3 is 4. The third-order valence-corrected chi connectivity index (χ3v) is 6.01. The Balaban J connectivity index is 3.14. The molecule has 0 aliphatic rings. The Bertz CT molecular complexity index is 194. The molecule has 0 rings (SSSR count). The van der Waals surface area contributed by atoms with Gasteiger partial charge < -0.3 is 27.8 Å². The van der Waals surface area contributed by atoms with Crippen molar-refractivity contribution in [2.24, 2.45) is 0 Å². The standard InChI is InChI=1S/C14H34O6Si2/c1-15-13(16-2)11-19-21-9-7-5-6-8-10-22-20-12-14(17-3)18-4/h13-14H,5-12,21-22H2,1-4H3. The minimum atomic E-state index is -0.416. The van der Waals surface area contributed by atoms with E-state index in [1.807, 2.05) is 0 Å². The molecule has 0 spiro atoms. The third-order valence-electron chi connectivity index (χ3n) is 3.39. The lowest BCUT2D eigenvalue weighted by molar-refractivity contribution is -0.122. The van der Waals surface area contributed by atoms with E-state index in [2.05, 4.69) is 0 Å². The fourth-order valence-corrected chi connectivity index (χ4v) is 4.18. The second-order valence-corrected chi connectivity index (χ2v) is 8.12. The van der Waals surface area contributed by atoms with Gasteiger partial charge in [0.2, 0.25) is 0 Å². The van der Waals surface area contributed by atoms with E-state index in [0.717, 1.165) is 0 Å². The molecule has 0 heterocycles. The summed E-state index contributed by atoms with van der Waals surface area (Å²) in [6, 6.07) is 2.47. The fraction of sp³-hybridized carbons (Fsp3) is 1.00. The number of unbranched alkanes of at least 4 members (excludes halogenated alkanes) is 3. The summed E-state index contributed by atoms with van der Waals surface area (Å²) in [5.74, 6) is 0. The van der Waals surface area contributed by atoms with Crippen molar-refractivity contribution in [3.8, 4) is 0 Å². The molecule has 134 valence electrons. The third kappa shape index (κ3) is 13.8. The van der Waals surface area contributed by atoms with Gasteiger partial charge in [0.1, 0.15) is 0 Å². The van der Waals surface area contributed by atoms with Crippen molar-refractivity contribution in [1.82, 2.24) is 0 Å². The molecule has 0 aromatic carbocycles. The van der Waals surface area contributed by atoms with Crippen molar-refractivity contribution in [3.63, 3.8) is 0 Å². The quantitative estimate of drug-likeness (QED) is 0.219. The van der Waals surface area contributed by atoms with Crippen molar-refractivity contribution in [3.05, 3.63) is 0 Å². The minimum absolute atomic E-state index is 0.215. The second kappa shape index (κ2) is 17.5. The minimum Gasteiger partial charge on any atom is -0.419 e. The van der Waals surface area contributed by atoms with Crippen LogP contribution in [0.5, 0.6) is 0 Å². The van der Waals surface area contributed by atoms with Crippen LogP contribution < -0.4 is 0 Å². The summed E-state index contributed by atoms with van der Waals surface area (Å²) < 4.78 is 31.6. The van der Waals surface area contributed by atoms with E-state index in [0.29, 0.717) is 13.2 Å².